The Labute approximate surface area is 118 Å². The van der Waals surface area contributed by atoms with Crippen LogP contribution in [0.2, 0.25) is 0 Å². The molecule has 0 heterocycles. The summed E-state index contributed by atoms with van der Waals surface area (Å²) in [6, 6.07) is 11.0. The third-order valence-corrected chi connectivity index (χ3v) is 6.37. The minimum absolute atomic E-state index is 0.263. The van der Waals surface area contributed by atoms with Gasteiger partial charge in [0, 0.05) is 23.7 Å². The van der Waals surface area contributed by atoms with Crippen LogP contribution in [-0.2, 0) is 10.9 Å². The fraction of sp³-hybridized carbons (Fsp3) is 0.222. The Balaban J connectivity index is 1.91. The number of benzene rings is 1. The third-order valence-electron chi connectivity index (χ3n) is 3.55. The van der Waals surface area contributed by atoms with Gasteiger partial charge in [-0.05, 0) is 24.3 Å². The van der Waals surface area contributed by atoms with E-state index in [0.29, 0.717) is 10.5 Å². The second kappa shape index (κ2) is 6.12. The molecule has 0 aromatic heterocycles. The van der Waals surface area contributed by atoms with Crippen LogP contribution in [0.1, 0.15) is 12.8 Å². The molecule has 2 unspecified atom stereocenters. The van der Waals surface area contributed by atoms with Gasteiger partial charge in [0.1, 0.15) is 10.5 Å². The molecular formula is C18H19S+. The van der Waals surface area contributed by atoms with E-state index in [4.69, 9.17) is 0 Å². The number of hydrogen-bond donors (Lipinski definition) is 0. The van der Waals surface area contributed by atoms with E-state index in [1.807, 2.05) is 0 Å². The molecule has 2 aliphatic rings. The Hall–Kier alpha value is -1.47. The molecule has 1 aromatic rings. The van der Waals surface area contributed by atoms with E-state index in [1.54, 1.807) is 0 Å². The van der Waals surface area contributed by atoms with Gasteiger partial charge in [0.2, 0.25) is 0 Å². The van der Waals surface area contributed by atoms with Gasteiger partial charge in [-0.1, -0.05) is 54.7 Å². The van der Waals surface area contributed by atoms with E-state index in [9.17, 15) is 0 Å². The second-order valence-electron chi connectivity index (χ2n) is 4.86. The first-order valence-corrected chi connectivity index (χ1v) is 8.24. The van der Waals surface area contributed by atoms with Crippen molar-refractivity contribution in [2.75, 3.05) is 0 Å². The van der Waals surface area contributed by atoms with Crippen LogP contribution < -0.4 is 0 Å². The van der Waals surface area contributed by atoms with Gasteiger partial charge in [-0.3, -0.25) is 0 Å². The molecule has 19 heavy (non-hydrogen) atoms. The summed E-state index contributed by atoms with van der Waals surface area (Å²) in [4.78, 5) is 1.50. The zero-order valence-electron chi connectivity index (χ0n) is 11.0. The van der Waals surface area contributed by atoms with Crippen LogP contribution in [0, 0.1) is 0 Å². The van der Waals surface area contributed by atoms with Crippen molar-refractivity contribution in [3.8, 4) is 0 Å². The predicted octanol–water partition coefficient (Wildman–Crippen LogP) is 4.43. The molecule has 2 aliphatic carbocycles. The Morgan fingerprint density at radius 2 is 1.32 bits per heavy atom. The van der Waals surface area contributed by atoms with Crippen molar-refractivity contribution >= 4 is 10.9 Å². The highest BCUT2D eigenvalue weighted by molar-refractivity contribution is 7.98. The lowest BCUT2D eigenvalue weighted by Gasteiger charge is -2.22. The predicted molar refractivity (Wildman–Crippen MR) is 85.4 cm³/mol. The van der Waals surface area contributed by atoms with Gasteiger partial charge < -0.3 is 0 Å². The van der Waals surface area contributed by atoms with Crippen molar-refractivity contribution in [3.05, 3.63) is 78.9 Å². The lowest BCUT2D eigenvalue weighted by Crippen LogP contribution is -2.31. The summed E-state index contributed by atoms with van der Waals surface area (Å²) in [5.74, 6) is 0. The van der Waals surface area contributed by atoms with Crippen molar-refractivity contribution in [2.24, 2.45) is 0 Å². The largest absolute Gasteiger partial charge is 0.156 e. The zero-order valence-corrected chi connectivity index (χ0v) is 11.8. The van der Waals surface area contributed by atoms with E-state index in [-0.39, 0.29) is 10.9 Å². The molecule has 0 nitrogen and oxygen atoms in total. The summed E-state index contributed by atoms with van der Waals surface area (Å²) in [5, 5.41) is 1.29. The highest BCUT2D eigenvalue weighted by Gasteiger charge is 2.37. The van der Waals surface area contributed by atoms with Crippen LogP contribution in [-0.4, -0.2) is 10.5 Å². The maximum absolute atomic E-state index is 2.39. The van der Waals surface area contributed by atoms with Gasteiger partial charge in [-0.15, -0.1) is 0 Å². The summed E-state index contributed by atoms with van der Waals surface area (Å²) in [6.07, 6.45) is 20.5. The molecule has 3 rings (SSSR count). The molecule has 0 fully saturated rings. The molecule has 2 atom stereocenters. The molecule has 0 saturated carbocycles. The van der Waals surface area contributed by atoms with Crippen molar-refractivity contribution in [2.45, 2.75) is 28.2 Å². The Morgan fingerprint density at radius 3 is 1.79 bits per heavy atom. The molecule has 0 bridgehead atoms. The topological polar surface area (TPSA) is 0 Å². The maximum atomic E-state index is 2.39. The molecule has 0 spiro atoms. The Morgan fingerprint density at radius 1 is 0.737 bits per heavy atom. The van der Waals surface area contributed by atoms with Gasteiger partial charge in [-0.25, -0.2) is 0 Å². The van der Waals surface area contributed by atoms with Crippen molar-refractivity contribution < 1.29 is 0 Å². The van der Waals surface area contributed by atoms with Crippen molar-refractivity contribution in [1.29, 1.82) is 0 Å². The van der Waals surface area contributed by atoms with Crippen LogP contribution in [0.3, 0.4) is 0 Å². The van der Waals surface area contributed by atoms with Crippen molar-refractivity contribution in [3.63, 3.8) is 0 Å². The molecule has 96 valence electrons. The molecular weight excluding hydrogens is 248 g/mol. The quantitative estimate of drug-likeness (QED) is 0.711. The van der Waals surface area contributed by atoms with Crippen LogP contribution >= 0.6 is 0 Å². The smallest absolute Gasteiger partial charge is 0.0792 e. The molecule has 1 aromatic carbocycles. The number of rotatable bonds is 3. The first kappa shape index (κ1) is 12.6. The van der Waals surface area contributed by atoms with Gasteiger partial charge in [0.05, 0.1) is 0 Å². The lowest BCUT2D eigenvalue weighted by atomic mass is 10.2. The van der Waals surface area contributed by atoms with Crippen LogP contribution in [0.5, 0.6) is 0 Å². The van der Waals surface area contributed by atoms with Crippen molar-refractivity contribution in [1.82, 2.24) is 0 Å². The monoisotopic (exact) mass is 267 g/mol. The molecule has 0 amide bonds. The fourth-order valence-corrected chi connectivity index (χ4v) is 5.42. The molecule has 0 aliphatic heterocycles. The average Bonchev–Trinajstić information content (AvgIpc) is 2.51. The number of allylic oxidation sites excluding steroid dienone is 6. The minimum Gasteiger partial charge on any atom is -0.0792 e. The molecule has 0 N–H and O–H groups in total. The number of hydrogen-bond acceptors (Lipinski definition) is 0. The first-order chi connectivity index (χ1) is 9.45. The molecule has 0 saturated heterocycles. The van der Waals surface area contributed by atoms with Gasteiger partial charge in [0.15, 0.2) is 4.90 Å². The van der Waals surface area contributed by atoms with E-state index < -0.39 is 0 Å². The van der Waals surface area contributed by atoms with Crippen LogP contribution in [0.4, 0.5) is 0 Å². The minimum atomic E-state index is 0.263. The summed E-state index contributed by atoms with van der Waals surface area (Å²) in [5.41, 5.74) is 0. The standard InChI is InChI=1S/C18H19S/c1-4-10-16(11-5-1)19(17-12-6-2-7-13-17)18-14-8-3-9-15-18/h1-12,14,17-18H,13,15H2/q+1. The van der Waals surface area contributed by atoms with Gasteiger partial charge in [-0.2, -0.15) is 0 Å². The van der Waals surface area contributed by atoms with Gasteiger partial charge in [0.25, 0.3) is 0 Å². The van der Waals surface area contributed by atoms with E-state index in [1.165, 1.54) is 17.7 Å². The van der Waals surface area contributed by atoms with E-state index >= 15 is 0 Å². The molecule has 1 heteroatoms. The van der Waals surface area contributed by atoms with Crippen LogP contribution in [0.25, 0.3) is 0 Å². The maximum Gasteiger partial charge on any atom is 0.156 e. The first-order valence-electron chi connectivity index (χ1n) is 6.89. The SMILES string of the molecule is C1=CCC([S+](c2ccccc2)C2C=CC=CC2)C=C1. The third kappa shape index (κ3) is 2.93. The Bertz CT molecular complexity index is 492. The molecule has 0 radical (unpaired) electrons. The summed E-state index contributed by atoms with van der Waals surface area (Å²) < 4.78 is 0. The Kier molecular flexibility index (Phi) is 4.04. The normalized spacial score (nSPS) is 26.5. The van der Waals surface area contributed by atoms with Crippen LogP contribution in [0.15, 0.2) is 83.8 Å². The zero-order chi connectivity index (χ0) is 12.9. The highest BCUT2D eigenvalue weighted by atomic mass is 32.2. The summed E-state index contributed by atoms with van der Waals surface area (Å²) >= 11 is 0. The summed E-state index contributed by atoms with van der Waals surface area (Å²) in [7, 11) is 0.263. The summed E-state index contributed by atoms with van der Waals surface area (Å²) in [6.45, 7) is 0. The lowest BCUT2D eigenvalue weighted by molar-refractivity contribution is 0.978. The van der Waals surface area contributed by atoms with E-state index in [0.717, 1.165) is 0 Å². The fourth-order valence-electron chi connectivity index (χ4n) is 2.64. The highest BCUT2D eigenvalue weighted by Crippen LogP contribution is 2.31. The van der Waals surface area contributed by atoms with E-state index in [2.05, 4.69) is 78.9 Å². The average molecular weight is 267 g/mol. The van der Waals surface area contributed by atoms with Gasteiger partial charge >= 0.3 is 0 Å². The second-order valence-corrected chi connectivity index (χ2v) is 7.29.